The van der Waals surface area contributed by atoms with Gasteiger partial charge in [-0.05, 0) is 70.2 Å². The Bertz CT molecular complexity index is 1280. The zero-order valence-corrected chi connectivity index (χ0v) is 22.9. The molecule has 2 aromatic carbocycles. The number of benzene rings is 2. The minimum Gasteiger partial charge on any atom is -0.487 e. The third-order valence-corrected chi connectivity index (χ3v) is 5.84. The molecule has 1 amide bonds. The Morgan fingerprint density at radius 2 is 1.70 bits per heavy atom. The Balaban J connectivity index is 2.13. The van der Waals surface area contributed by atoms with Gasteiger partial charge in [-0.3, -0.25) is 4.98 Å². The number of aryl methyl sites for hydroxylation is 2. The molecule has 0 spiro atoms. The lowest BCUT2D eigenvalue weighted by molar-refractivity contribution is 0.131. The number of pyridine rings is 1. The zero-order chi connectivity index (χ0) is 27.2. The van der Waals surface area contributed by atoms with Crippen LogP contribution >= 0.6 is 0 Å². The summed E-state index contributed by atoms with van der Waals surface area (Å²) in [5, 5.41) is 12.4. The van der Waals surface area contributed by atoms with E-state index in [-0.39, 0.29) is 13.2 Å². The van der Waals surface area contributed by atoms with Crippen LogP contribution in [0.15, 0.2) is 48.5 Å². The second-order valence-electron chi connectivity index (χ2n) is 10.8. The Morgan fingerprint density at radius 3 is 2.32 bits per heavy atom. The first-order chi connectivity index (χ1) is 17.5. The number of rotatable bonds is 8. The summed E-state index contributed by atoms with van der Waals surface area (Å²) in [4.78, 5) is 17.5. The fourth-order valence-corrected chi connectivity index (χ4v) is 4.12. The maximum Gasteiger partial charge on any atom is 0.407 e. The van der Waals surface area contributed by atoms with E-state index in [0.29, 0.717) is 17.2 Å². The Hall–Kier alpha value is -3.85. The van der Waals surface area contributed by atoms with Crippen molar-refractivity contribution >= 4 is 6.09 Å². The Morgan fingerprint density at radius 1 is 1.03 bits per heavy atom. The molecule has 0 bridgehead atoms. The van der Waals surface area contributed by atoms with E-state index in [2.05, 4.69) is 56.4 Å². The van der Waals surface area contributed by atoms with Crippen molar-refractivity contribution in [2.45, 2.75) is 73.6 Å². The number of carbonyl (C=O) groups excluding carboxylic acids is 1. The quantitative estimate of drug-likeness (QED) is 0.359. The van der Waals surface area contributed by atoms with Crippen LogP contribution in [0, 0.1) is 31.1 Å². The van der Waals surface area contributed by atoms with Crippen molar-refractivity contribution in [2.24, 2.45) is 5.92 Å². The van der Waals surface area contributed by atoms with Gasteiger partial charge < -0.3 is 14.8 Å². The van der Waals surface area contributed by atoms with E-state index >= 15 is 0 Å². The highest BCUT2D eigenvalue weighted by atomic mass is 16.5. The number of alkyl carbamates (subject to hydrolysis) is 1. The molecule has 6 heteroatoms. The van der Waals surface area contributed by atoms with E-state index in [1.54, 1.807) is 12.1 Å². The summed E-state index contributed by atoms with van der Waals surface area (Å²) >= 11 is 0. The zero-order valence-electron chi connectivity index (χ0n) is 22.9. The van der Waals surface area contributed by atoms with Crippen molar-refractivity contribution < 1.29 is 14.3 Å². The van der Waals surface area contributed by atoms with Gasteiger partial charge in [0.25, 0.3) is 0 Å². The maximum absolute atomic E-state index is 12.6. The molecule has 3 rings (SSSR count). The van der Waals surface area contributed by atoms with Crippen LogP contribution < -0.4 is 10.1 Å². The van der Waals surface area contributed by atoms with Crippen LogP contribution in [0.5, 0.6) is 5.75 Å². The molecule has 194 valence electrons. The average molecular weight is 500 g/mol. The van der Waals surface area contributed by atoms with E-state index in [9.17, 15) is 10.1 Å². The summed E-state index contributed by atoms with van der Waals surface area (Å²) in [6.45, 7) is 14.4. The monoisotopic (exact) mass is 499 g/mol. The Kier molecular flexibility index (Phi) is 8.94. The van der Waals surface area contributed by atoms with Gasteiger partial charge in [0.1, 0.15) is 25.0 Å². The molecule has 0 aliphatic rings. The average Bonchev–Trinajstić information content (AvgIpc) is 2.81. The van der Waals surface area contributed by atoms with Gasteiger partial charge >= 0.3 is 6.09 Å². The maximum atomic E-state index is 12.6. The molecule has 1 heterocycles. The fourth-order valence-electron chi connectivity index (χ4n) is 4.12. The van der Waals surface area contributed by atoms with Crippen LogP contribution in [0.4, 0.5) is 4.79 Å². The van der Waals surface area contributed by atoms with Crippen molar-refractivity contribution in [1.82, 2.24) is 10.3 Å². The third-order valence-electron chi connectivity index (χ3n) is 5.84. The molecule has 0 fully saturated rings. The van der Waals surface area contributed by atoms with Gasteiger partial charge in [0.15, 0.2) is 0 Å². The molecule has 6 nitrogen and oxygen atoms in total. The highest BCUT2D eigenvalue weighted by Gasteiger charge is 2.23. The predicted octanol–water partition coefficient (Wildman–Crippen LogP) is 7.04. The number of ether oxygens (including phenoxy) is 2. The fraction of sp³-hybridized carbons (Fsp3) is 0.387. The minimum atomic E-state index is -0.473. The van der Waals surface area contributed by atoms with Crippen molar-refractivity contribution in [3.63, 3.8) is 0 Å². The largest absolute Gasteiger partial charge is 0.487 e. The second kappa shape index (κ2) is 11.9. The van der Waals surface area contributed by atoms with Crippen molar-refractivity contribution in [1.29, 1.82) is 5.26 Å². The lowest BCUT2D eigenvalue weighted by Crippen LogP contribution is -2.40. The highest BCUT2D eigenvalue weighted by molar-refractivity contribution is 5.74. The van der Waals surface area contributed by atoms with E-state index < -0.39 is 11.6 Å². The molecule has 0 radical (unpaired) electrons. The van der Waals surface area contributed by atoms with Gasteiger partial charge in [0, 0.05) is 28.1 Å². The third kappa shape index (κ3) is 7.57. The van der Waals surface area contributed by atoms with E-state index in [1.165, 1.54) is 0 Å². The molecule has 3 aromatic rings. The Labute approximate surface area is 220 Å². The molecular weight excluding hydrogens is 462 g/mol. The number of hydrogen-bond acceptors (Lipinski definition) is 5. The van der Waals surface area contributed by atoms with E-state index in [4.69, 9.17) is 14.5 Å². The first kappa shape index (κ1) is 27.7. The smallest absolute Gasteiger partial charge is 0.407 e. The van der Waals surface area contributed by atoms with Gasteiger partial charge in [0.2, 0.25) is 0 Å². The SMILES string of the molecule is Cc1ccc(-c2c(COc3ccccc3C#N)c(C)nc(CC(C)C)c2COC(=O)NC(C)(C)C)cc1. The number of aromatic nitrogens is 1. The van der Waals surface area contributed by atoms with E-state index in [1.807, 2.05) is 39.8 Å². The van der Waals surface area contributed by atoms with Crippen LogP contribution in [0.1, 0.15) is 68.3 Å². The summed E-state index contributed by atoms with van der Waals surface area (Å²) in [7, 11) is 0. The van der Waals surface area contributed by atoms with Gasteiger partial charge in [-0.1, -0.05) is 55.8 Å². The second-order valence-corrected chi connectivity index (χ2v) is 10.8. The first-order valence-electron chi connectivity index (χ1n) is 12.6. The molecule has 0 atom stereocenters. The summed E-state index contributed by atoms with van der Waals surface area (Å²) in [6, 6.07) is 17.7. The molecule has 0 unspecified atom stereocenters. The molecule has 0 aliphatic carbocycles. The van der Waals surface area contributed by atoms with Gasteiger partial charge in [-0.15, -0.1) is 0 Å². The van der Waals surface area contributed by atoms with E-state index in [0.717, 1.165) is 45.6 Å². The van der Waals surface area contributed by atoms with Gasteiger partial charge in [0.05, 0.1) is 5.56 Å². The number of nitrogens with zero attached hydrogens (tertiary/aromatic N) is 2. The van der Waals surface area contributed by atoms with Crippen LogP contribution in [0.2, 0.25) is 0 Å². The number of amides is 1. The molecule has 0 saturated heterocycles. The van der Waals surface area contributed by atoms with Crippen molar-refractivity contribution in [3.05, 3.63) is 82.2 Å². The molecule has 1 aromatic heterocycles. The minimum absolute atomic E-state index is 0.0856. The molecule has 0 aliphatic heterocycles. The normalized spacial score (nSPS) is 11.2. The predicted molar refractivity (Wildman–Crippen MR) is 146 cm³/mol. The summed E-state index contributed by atoms with van der Waals surface area (Å²) in [6.07, 6.45) is 0.275. The van der Waals surface area contributed by atoms with Crippen LogP contribution in [0.3, 0.4) is 0 Å². The summed E-state index contributed by atoms with van der Waals surface area (Å²) in [5.41, 5.74) is 6.72. The molecule has 37 heavy (non-hydrogen) atoms. The van der Waals surface area contributed by atoms with Crippen LogP contribution in [0.25, 0.3) is 11.1 Å². The summed E-state index contributed by atoms with van der Waals surface area (Å²) < 4.78 is 11.9. The number of nitrogens with one attached hydrogen (secondary N) is 1. The van der Waals surface area contributed by atoms with Crippen molar-refractivity contribution in [3.8, 4) is 22.9 Å². The van der Waals surface area contributed by atoms with Crippen LogP contribution in [-0.4, -0.2) is 16.6 Å². The number of hydrogen-bond donors (Lipinski definition) is 1. The van der Waals surface area contributed by atoms with Crippen LogP contribution in [-0.2, 0) is 24.4 Å². The summed E-state index contributed by atoms with van der Waals surface area (Å²) in [5.74, 6) is 0.886. The standard InChI is InChI=1S/C31H37N3O3/c1-20(2)16-27-26(19-37-30(35)34-31(5,6)7)29(23-14-12-21(3)13-15-23)25(22(4)33-27)18-36-28-11-9-8-10-24(28)17-32/h8-15,20H,16,18-19H2,1-7H3,(H,34,35). The highest BCUT2D eigenvalue weighted by Crippen LogP contribution is 2.34. The molecule has 1 N–H and O–H groups in total. The number of nitriles is 1. The lowest BCUT2D eigenvalue weighted by Gasteiger charge is -2.23. The first-order valence-corrected chi connectivity index (χ1v) is 12.6. The van der Waals surface area contributed by atoms with Gasteiger partial charge in [-0.25, -0.2) is 4.79 Å². The number of carbonyl (C=O) groups is 1. The number of para-hydroxylation sites is 1. The van der Waals surface area contributed by atoms with Gasteiger partial charge in [-0.2, -0.15) is 5.26 Å². The lowest BCUT2D eigenvalue weighted by atomic mass is 9.90. The topological polar surface area (TPSA) is 84.2 Å². The molecule has 0 saturated carbocycles. The molecular formula is C31H37N3O3. The van der Waals surface area contributed by atoms with Crippen molar-refractivity contribution in [2.75, 3.05) is 0 Å².